The van der Waals surface area contributed by atoms with Gasteiger partial charge in [0.15, 0.2) is 0 Å². The van der Waals surface area contributed by atoms with E-state index in [1.807, 2.05) is 0 Å². The van der Waals surface area contributed by atoms with Crippen LogP contribution in [0.1, 0.15) is 24.8 Å². The number of rotatable bonds is 2. The molecule has 2 aliphatic rings. The quantitative estimate of drug-likeness (QED) is 0.782. The highest BCUT2D eigenvalue weighted by Gasteiger charge is 2.21. The maximum atomic E-state index is 2.60. The third kappa shape index (κ3) is 2.75. The SMILES string of the molecule is c1ccc(CN2CCC3=C(CCCS3)C2)cc1. The van der Waals surface area contributed by atoms with Gasteiger partial charge in [0.25, 0.3) is 0 Å². The Morgan fingerprint density at radius 2 is 2.00 bits per heavy atom. The molecular weight excluding hydrogens is 226 g/mol. The molecule has 2 heteroatoms. The summed E-state index contributed by atoms with van der Waals surface area (Å²) in [5.41, 5.74) is 3.17. The Hall–Kier alpha value is -0.730. The number of hydrogen-bond acceptors (Lipinski definition) is 2. The Kier molecular flexibility index (Phi) is 3.53. The van der Waals surface area contributed by atoms with Gasteiger partial charge in [-0.05, 0) is 41.1 Å². The monoisotopic (exact) mass is 245 g/mol. The van der Waals surface area contributed by atoms with Crippen molar-refractivity contribution in [3.05, 3.63) is 46.4 Å². The Morgan fingerprint density at radius 1 is 1.12 bits per heavy atom. The number of hydrogen-bond donors (Lipinski definition) is 0. The van der Waals surface area contributed by atoms with Crippen LogP contribution in [0.15, 0.2) is 40.8 Å². The van der Waals surface area contributed by atoms with Gasteiger partial charge in [0.1, 0.15) is 0 Å². The maximum absolute atomic E-state index is 2.60. The summed E-state index contributed by atoms with van der Waals surface area (Å²) in [7, 11) is 0. The molecule has 17 heavy (non-hydrogen) atoms. The average Bonchev–Trinajstić information content (AvgIpc) is 2.40. The lowest BCUT2D eigenvalue weighted by Crippen LogP contribution is -2.31. The molecule has 2 aliphatic heterocycles. The lowest BCUT2D eigenvalue weighted by atomic mass is 10.0. The van der Waals surface area contributed by atoms with E-state index in [4.69, 9.17) is 0 Å². The van der Waals surface area contributed by atoms with Crippen LogP contribution < -0.4 is 0 Å². The zero-order valence-corrected chi connectivity index (χ0v) is 11.0. The summed E-state index contributed by atoms with van der Waals surface area (Å²) >= 11 is 2.11. The largest absolute Gasteiger partial charge is 0.295 e. The van der Waals surface area contributed by atoms with Crippen molar-refractivity contribution in [3.63, 3.8) is 0 Å². The predicted molar refractivity (Wildman–Crippen MR) is 75.1 cm³/mol. The molecule has 90 valence electrons. The van der Waals surface area contributed by atoms with Crippen LogP contribution in [0.5, 0.6) is 0 Å². The second-order valence-electron chi connectivity index (χ2n) is 4.92. The molecule has 0 unspecified atom stereocenters. The minimum absolute atomic E-state index is 1.11. The number of benzene rings is 1. The molecule has 1 nitrogen and oxygen atoms in total. The van der Waals surface area contributed by atoms with Crippen molar-refractivity contribution in [2.24, 2.45) is 0 Å². The van der Waals surface area contributed by atoms with Crippen molar-refractivity contribution in [2.75, 3.05) is 18.8 Å². The molecule has 0 radical (unpaired) electrons. The van der Waals surface area contributed by atoms with E-state index in [0.717, 1.165) is 6.54 Å². The summed E-state index contributed by atoms with van der Waals surface area (Å²) < 4.78 is 0. The molecule has 0 saturated heterocycles. The normalized spacial score (nSPS) is 21.4. The Bertz CT molecular complexity index is 410. The van der Waals surface area contributed by atoms with Crippen LogP contribution in [0.25, 0.3) is 0 Å². The van der Waals surface area contributed by atoms with Crippen molar-refractivity contribution in [3.8, 4) is 0 Å². The van der Waals surface area contributed by atoms with Crippen molar-refractivity contribution in [1.29, 1.82) is 0 Å². The van der Waals surface area contributed by atoms with Crippen LogP contribution in [-0.4, -0.2) is 23.7 Å². The van der Waals surface area contributed by atoms with Crippen molar-refractivity contribution in [1.82, 2.24) is 4.90 Å². The zero-order valence-electron chi connectivity index (χ0n) is 10.2. The lowest BCUT2D eigenvalue weighted by molar-refractivity contribution is 0.276. The van der Waals surface area contributed by atoms with Crippen LogP contribution in [0.2, 0.25) is 0 Å². The van der Waals surface area contributed by atoms with Gasteiger partial charge in [-0.15, -0.1) is 11.8 Å². The van der Waals surface area contributed by atoms with Gasteiger partial charge in [-0.2, -0.15) is 0 Å². The van der Waals surface area contributed by atoms with Crippen LogP contribution in [0, 0.1) is 0 Å². The minimum atomic E-state index is 1.11. The van der Waals surface area contributed by atoms with Crippen molar-refractivity contribution >= 4 is 11.8 Å². The first-order chi connectivity index (χ1) is 8.42. The van der Waals surface area contributed by atoms with E-state index in [-0.39, 0.29) is 0 Å². The summed E-state index contributed by atoms with van der Waals surface area (Å²) in [5, 5.41) is 0. The van der Waals surface area contributed by atoms with E-state index in [1.54, 1.807) is 10.5 Å². The Balaban J connectivity index is 1.66. The van der Waals surface area contributed by atoms with E-state index >= 15 is 0 Å². The van der Waals surface area contributed by atoms with Crippen LogP contribution in [0.4, 0.5) is 0 Å². The standard InChI is InChI=1S/C15H19NS/c1-2-5-13(6-3-1)11-16-9-8-15-14(12-16)7-4-10-17-15/h1-3,5-6H,4,7-12H2. The lowest BCUT2D eigenvalue weighted by Gasteiger charge is -2.32. The summed E-state index contributed by atoms with van der Waals surface area (Å²) in [6.07, 6.45) is 4.00. The van der Waals surface area contributed by atoms with Crippen LogP contribution in [0.3, 0.4) is 0 Å². The summed E-state index contributed by atoms with van der Waals surface area (Å²) in [4.78, 5) is 4.31. The molecule has 0 fully saturated rings. The topological polar surface area (TPSA) is 3.24 Å². The van der Waals surface area contributed by atoms with Gasteiger partial charge >= 0.3 is 0 Å². The van der Waals surface area contributed by atoms with E-state index in [2.05, 4.69) is 47.0 Å². The zero-order chi connectivity index (χ0) is 11.5. The van der Waals surface area contributed by atoms with Gasteiger partial charge in [-0.3, -0.25) is 4.90 Å². The van der Waals surface area contributed by atoms with Gasteiger partial charge in [-0.1, -0.05) is 30.3 Å². The van der Waals surface area contributed by atoms with E-state index in [1.165, 1.54) is 43.7 Å². The van der Waals surface area contributed by atoms with Crippen LogP contribution >= 0.6 is 11.8 Å². The van der Waals surface area contributed by atoms with Crippen molar-refractivity contribution < 1.29 is 0 Å². The summed E-state index contributed by atoms with van der Waals surface area (Å²) in [6, 6.07) is 10.8. The second kappa shape index (κ2) is 5.28. The first-order valence-electron chi connectivity index (χ1n) is 6.52. The number of thioether (sulfide) groups is 1. The first kappa shape index (κ1) is 11.4. The van der Waals surface area contributed by atoms with Gasteiger partial charge in [0, 0.05) is 19.6 Å². The maximum Gasteiger partial charge on any atom is 0.0237 e. The number of nitrogens with zero attached hydrogens (tertiary/aromatic N) is 1. The molecule has 0 aromatic heterocycles. The molecule has 0 N–H and O–H groups in total. The molecule has 0 spiro atoms. The molecule has 0 aliphatic carbocycles. The van der Waals surface area contributed by atoms with Crippen molar-refractivity contribution in [2.45, 2.75) is 25.8 Å². The van der Waals surface area contributed by atoms with Gasteiger partial charge < -0.3 is 0 Å². The third-order valence-corrected chi connectivity index (χ3v) is 4.95. The summed E-state index contributed by atoms with van der Waals surface area (Å²) in [5.74, 6) is 1.34. The molecule has 0 amide bonds. The first-order valence-corrected chi connectivity index (χ1v) is 7.50. The summed E-state index contributed by atoms with van der Waals surface area (Å²) in [6.45, 7) is 3.56. The van der Waals surface area contributed by atoms with Crippen LogP contribution in [-0.2, 0) is 6.54 Å². The second-order valence-corrected chi connectivity index (χ2v) is 6.11. The molecule has 1 aromatic rings. The molecule has 0 atom stereocenters. The fourth-order valence-corrected chi connectivity index (χ4v) is 3.87. The fourth-order valence-electron chi connectivity index (χ4n) is 2.72. The van der Waals surface area contributed by atoms with E-state index in [9.17, 15) is 0 Å². The van der Waals surface area contributed by atoms with E-state index in [0.29, 0.717) is 0 Å². The van der Waals surface area contributed by atoms with E-state index < -0.39 is 0 Å². The average molecular weight is 245 g/mol. The molecule has 3 rings (SSSR count). The van der Waals surface area contributed by atoms with Gasteiger partial charge in [0.2, 0.25) is 0 Å². The minimum Gasteiger partial charge on any atom is -0.295 e. The third-order valence-electron chi connectivity index (χ3n) is 3.61. The molecule has 2 heterocycles. The highest BCUT2D eigenvalue weighted by Crippen LogP contribution is 2.35. The predicted octanol–water partition coefficient (Wildman–Crippen LogP) is 3.67. The fraction of sp³-hybridized carbons (Fsp3) is 0.467. The highest BCUT2D eigenvalue weighted by atomic mass is 32.2. The Labute approximate surface area is 108 Å². The van der Waals surface area contributed by atoms with Gasteiger partial charge in [0.05, 0.1) is 0 Å². The Morgan fingerprint density at radius 3 is 2.88 bits per heavy atom. The molecule has 0 saturated carbocycles. The highest BCUT2D eigenvalue weighted by molar-refractivity contribution is 8.03. The molecule has 0 bridgehead atoms. The molecular formula is C15H19NS. The smallest absolute Gasteiger partial charge is 0.0237 e. The molecule has 1 aromatic carbocycles. The van der Waals surface area contributed by atoms with Gasteiger partial charge in [-0.25, -0.2) is 0 Å².